The molecule has 5 heteroatoms. The number of carbonyl (C=O) groups is 2. The predicted octanol–water partition coefficient (Wildman–Crippen LogP) is 0.412. The lowest BCUT2D eigenvalue weighted by atomic mass is 9.89. The van der Waals surface area contributed by atoms with Gasteiger partial charge in [-0.1, -0.05) is 24.3 Å². The van der Waals surface area contributed by atoms with Gasteiger partial charge in [0.25, 0.3) is 0 Å². The Kier molecular flexibility index (Phi) is 4.09. The number of carbonyl (C=O) groups excluding carboxylic acids is 2. The standard InChI is InChI=1S/C15H21N3O2/c1-15(14(17)20)6-7-18(10-15)13(19)8-11-2-4-12(9-16)5-3-11/h2-5H,6-10,16H2,1H3,(H2,17,20). The molecule has 2 amide bonds. The van der Waals surface area contributed by atoms with E-state index in [0.717, 1.165) is 11.1 Å². The average molecular weight is 275 g/mol. The number of amides is 2. The molecule has 0 aromatic heterocycles. The number of likely N-dealkylation sites (tertiary alicyclic amines) is 1. The molecule has 1 aliphatic heterocycles. The molecule has 2 rings (SSSR count). The molecule has 1 aromatic carbocycles. The highest BCUT2D eigenvalue weighted by Crippen LogP contribution is 2.29. The first-order chi connectivity index (χ1) is 9.44. The third kappa shape index (κ3) is 2.99. The van der Waals surface area contributed by atoms with Gasteiger partial charge in [0.15, 0.2) is 0 Å². The van der Waals surface area contributed by atoms with Crippen molar-refractivity contribution in [3.8, 4) is 0 Å². The van der Waals surface area contributed by atoms with Crippen LogP contribution < -0.4 is 11.5 Å². The van der Waals surface area contributed by atoms with Crippen LogP contribution in [0.3, 0.4) is 0 Å². The molecule has 1 aromatic rings. The summed E-state index contributed by atoms with van der Waals surface area (Å²) in [4.78, 5) is 25.3. The van der Waals surface area contributed by atoms with Crippen LogP contribution in [-0.2, 0) is 22.6 Å². The maximum absolute atomic E-state index is 12.2. The maximum atomic E-state index is 12.2. The van der Waals surface area contributed by atoms with Gasteiger partial charge in [-0.2, -0.15) is 0 Å². The van der Waals surface area contributed by atoms with Crippen molar-refractivity contribution < 1.29 is 9.59 Å². The summed E-state index contributed by atoms with van der Waals surface area (Å²) in [6.45, 7) is 3.33. The van der Waals surface area contributed by atoms with Gasteiger partial charge in [-0.05, 0) is 24.5 Å². The Morgan fingerprint density at radius 3 is 2.35 bits per heavy atom. The van der Waals surface area contributed by atoms with E-state index in [2.05, 4.69) is 0 Å². The minimum Gasteiger partial charge on any atom is -0.369 e. The fraction of sp³-hybridized carbons (Fsp3) is 0.467. The van der Waals surface area contributed by atoms with Crippen LogP contribution in [0.25, 0.3) is 0 Å². The quantitative estimate of drug-likeness (QED) is 0.834. The number of primary amides is 1. The van der Waals surface area contributed by atoms with Crippen LogP contribution in [0.15, 0.2) is 24.3 Å². The van der Waals surface area contributed by atoms with Gasteiger partial charge >= 0.3 is 0 Å². The minimum atomic E-state index is -0.584. The molecule has 0 aliphatic carbocycles. The van der Waals surface area contributed by atoms with E-state index < -0.39 is 5.41 Å². The van der Waals surface area contributed by atoms with E-state index >= 15 is 0 Å². The first-order valence-electron chi connectivity index (χ1n) is 6.80. The van der Waals surface area contributed by atoms with Crippen molar-refractivity contribution in [3.63, 3.8) is 0 Å². The van der Waals surface area contributed by atoms with Crippen molar-refractivity contribution in [1.29, 1.82) is 0 Å². The van der Waals surface area contributed by atoms with E-state index in [1.807, 2.05) is 31.2 Å². The molecule has 1 atom stereocenters. The number of hydrogen-bond donors (Lipinski definition) is 2. The third-order valence-corrected chi connectivity index (χ3v) is 4.03. The topological polar surface area (TPSA) is 89.4 Å². The van der Waals surface area contributed by atoms with Crippen LogP contribution in [0, 0.1) is 5.41 Å². The SMILES string of the molecule is CC1(C(N)=O)CCN(C(=O)Cc2ccc(CN)cc2)C1. The second kappa shape index (κ2) is 5.63. The largest absolute Gasteiger partial charge is 0.369 e. The van der Waals surface area contributed by atoms with E-state index in [4.69, 9.17) is 11.5 Å². The summed E-state index contributed by atoms with van der Waals surface area (Å²) in [7, 11) is 0. The predicted molar refractivity (Wildman–Crippen MR) is 76.5 cm³/mol. The van der Waals surface area contributed by atoms with Crippen LogP contribution in [0.5, 0.6) is 0 Å². The average Bonchev–Trinajstić information content (AvgIpc) is 2.84. The molecule has 0 saturated carbocycles. The normalized spacial score (nSPS) is 22.0. The van der Waals surface area contributed by atoms with Gasteiger partial charge in [0.2, 0.25) is 11.8 Å². The zero-order valence-electron chi connectivity index (χ0n) is 11.8. The first kappa shape index (κ1) is 14.5. The molecule has 5 nitrogen and oxygen atoms in total. The molecule has 4 N–H and O–H groups in total. The summed E-state index contributed by atoms with van der Waals surface area (Å²) in [5.41, 5.74) is 12.3. The van der Waals surface area contributed by atoms with Crippen molar-refractivity contribution in [2.45, 2.75) is 26.3 Å². The highest BCUT2D eigenvalue weighted by molar-refractivity contribution is 5.84. The summed E-state index contributed by atoms with van der Waals surface area (Å²) in [6, 6.07) is 7.70. The van der Waals surface area contributed by atoms with Gasteiger partial charge in [-0.25, -0.2) is 0 Å². The van der Waals surface area contributed by atoms with Crippen LogP contribution in [-0.4, -0.2) is 29.8 Å². The van der Waals surface area contributed by atoms with Crippen molar-refractivity contribution in [2.75, 3.05) is 13.1 Å². The van der Waals surface area contributed by atoms with Crippen LogP contribution >= 0.6 is 0 Å². The molecule has 1 heterocycles. The lowest BCUT2D eigenvalue weighted by Gasteiger charge is -2.21. The Bertz CT molecular complexity index is 512. The van der Waals surface area contributed by atoms with Crippen molar-refractivity contribution in [2.24, 2.45) is 16.9 Å². The van der Waals surface area contributed by atoms with Gasteiger partial charge in [0.05, 0.1) is 11.8 Å². The number of hydrogen-bond acceptors (Lipinski definition) is 3. The molecular weight excluding hydrogens is 254 g/mol. The Morgan fingerprint density at radius 2 is 1.85 bits per heavy atom. The fourth-order valence-electron chi connectivity index (χ4n) is 2.45. The minimum absolute atomic E-state index is 0.0375. The molecule has 0 spiro atoms. The summed E-state index contributed by atoms with van der Waals surface area (Å²) < 4.78 is 0. The van der Waals surface area contributed by atoms with E-state index in [-0.39, 0.29) is 11.8 Å². The van der Waals surface area contributed by atoms with Crippen molar-refractivity contribution in [1.82, 2.24) is 4.90 Å². The summed E-state index contributed by atoms with van der Waals surface area (Å²) in [5.74, 6) is -0.296. The van der Waals surface area contributed by atoms with E-state index in [1.54, 1.807) is 4.90 Å². The molecule has 1 aliphatic rings. The monoisotopic (exact) mass is 275 g/mol. The first-order valence-corrected chi connectivity index (χ1v) is 6.80. The lowest BCUT2D eigenvalue weighted by molar-refractivity contribution is -0.131. The highest BCUT2D eigenvalue weighted by Gasteiger charge is 2.40. The Hall–Kier alpha value is -1.88. The molecule has 108 valence electrons. The zero-order chi connectivity index (χ0) is 14.8. The molecular formula is C15H21N3O2. The number of nitrogens with zero attached hydrogens (tertiary/aromatic N) is 1. The van der Waals surface area contributed by atoms with Crippen molar-refractivity contribution >= 4 is 11.8 Å². The second-order valence-electron chi connectivity index (χ2n) is 5.69. The van der Waals surface area contributed by atoms with E-state index in [9.17, 15) is 9.59 Å². The molecule has 1 unspecified atom stereocenters. The molecule has 0 radical (unpaired) electrons. The summed E-state index contributed by atoms with van der Waals surface area (Å²) in [5, 5.41) is 0. The van der Waals surface area contributed by atoms with Gasteiger partial charge in [0.1, 0.15) is 0 Å². The zero-order valence-corrected chi connectivity index (χ0v) is 11.8. The van der Waals surface area contributed by atoms with E-state index in [1.165, 1.54) is 0 Å². The summed E-state index contributed by atoms with van der Waals surface area (Å²) >= 11 is 0. The Morgan fingerprint density at radius 1 is 1.25 bits per heavy atom. The van der Waals surface area contributed by atoms with Gasteiger partial charge < -0.3 is 16.4 Å². The molecule has 1 fully saturated rings. The fourth-order valence-corrected chi connectivity index (χ4v) is 2.45. The lowest BCUT2D eigenvalue weighted by Crippen LogP contribution is -2.39. The van der Waals surface area contributed by atoms with Gasteiger partial charge in [-0.15, -0.1) is 0 Å². The Labute approximate surface area is 118 Å². The van der Waals surface area contributed by atoms with E-state index in [0.29, 0.717) is 32.5 Å². The number of benzene rings is 1. The second-order valence-corrected chi connectivity index (χ2v) is 5.69. The highest BCUT2D eigenvalue weighted by atomic mass is 16.2. The molecule has 1 saturated heterocycles. The van der Waals surface area contributed by atoms with Crippen LogP contribution in [0.1, 0.15) is 24.5 Å². The number of nitrogens with two attached hydrogens (primary N) is 2. The number of rotatable bonds is 4. The molecule has 0 bridgehead atoms. The molecule has 20 heavy (non-hydrogen) atoms. The maximum Gasteiger partial charge on any atom is 0.227 e. The van der Waals surface area contributed by atoms with Crippen LogP contribution in [0.4, 0.5) is 0 Å². The summed E-state index contributed by atoms with van der Waals surface area (Å²) in [6.07, 6.45) is 0.986. The van der Waals surface area contributed by atoms with Crippen molar-refractivity contribution in [3.05, 3.63) is 35.4 Å². The van der Waals surface area contributed by atoms with Gasteiger partial charge in [0, 0.05) is 19.6 Å². The van der Waals surface area contributed by atoms with Crippen LogP contribution in [0.2, 0.25) is 0 Å². The van der Waals surface area contributed by atoms with Gasteiger partial charge in [-0.3, -0.25) is 9.59 Å². The Balaban J connectivity index is 1.97. The smallest absolute Gasteiger partial charge is 0.227 e. The third-order valence-electron chi connectivity index (χ3n) is 4.03.